The largest absolute Gasteiger partial charge is 0.306 e. The molecule has 0 aromatic rings. The minimum atomic E-state index is -0.496. The van der Waals surface area contributed by atoms with Crippen LogP contribution in [0.2, 0.25) is 0 Å². The summed E-state index contributed by atoms with van der Waals surface area (Å²) in [6.07, 6.45) is 0. The fourth-order valence-electron chi connectivity index (χ4n) is 0.682. The lowest BCUT2D eigenvalue weighted by Gasteiger charge is -2.14. The van der Waals surface area contributed by atoms with Crippen LogP contribution >= 0.6 is 0 Å². The number of carbonyl (C=O) groups is 2. The highest BCUT2D eigenvalue weighted by Gasteiger charge is 2.12. The molecule has 0 spiro atoms. The van der Waals surface area contributed by atoms with E-state index in [4.69, 9.17) is 5.21 Å². The standard InChI is InChI=1S/C8H16N2O3.C2H6/c1-6(2)9-4-8(12)10(13)5-7(3)11;1-2/h6,9,13H,4-5H2,1-3H3;1-2H3. The Kier molecular flexibility index (Phi) is 10.6. The van der Waals surface area contributed by atoms with Crippen LogP contribution < -0.4 is 5.32 Å². The average molecular weight is 218 g/mol. The number of amides is 1. The van der Waals surface area contributed by atoms with Gasteiger partial charge in [0.15, 0.2) is 5.78 Å². The van der Waals surface area contributed by atoms with Crippen molar-refractivity contribution < 1.29 is 14.8 Å². The zero-order valence-corrected chi connectivity index (χ0v) is 10.2. The number of hydrogen-bond donors (Lipinski definition) is 2. The van der Waals surface area contributed by atoms with Crippen molar-refractivity contribution in [3.05, 3.63) is 0 Å². The molecule has 0 rings (SSSR count). The van der Waals surface area contributed by atoms with Crippen LogP contribution in [0.1, 0.15) is 34.6 Å². The zero-order valence-electron chi connectivity index (χ0n) is 10.2. The predicted octanol–water partition coefficient (Wildman–Crippen LogP) is 0.817. The van der Waals surface area contributed by atoms with Gasteiger partial charge in [-0.05, 0) is 6.92 Å². The number of Topliss-reactive ketones (excluding diaryl/α,β-unsaturated/α-hetero) is 1. The maximum atomic E-state index is 11.0. The van der Waals surface area contributed by atoms with Gasteiger partial charge in [0, 0.05) is 6.04 Å². The van der Waals surface area contributed by atoms with Crippen molar-refractivity contribution in [1.82, 2.24) is 10.4 Å². The van der Waals surface area contributed by atoms with E-state index in [9.17, 15) is 9.59 Å². The summed E-state index contributed by atoms with van der Waals surface area (Å²) in [6, 6.07) is 0.176. The molecule has 0 aromatic heterocycles. The second-order valence-electron chi connectivity index (χ2n) is 3.19. The molecule has 15 heavy (non-hydrogen) atoms. The first kappa shape index (κ1) is 16.5. The van der Waals surface area contributed by atoms with Gasteiger partial charge in [-0.2, -0.15) is 0 Å². The molecular formula is C10H22N2O3. The van der Waals surface area contributed by atoms with E-state index in [0.29, 0.717) is 5.06 Å². The van der Waals surface area contributed by atoms with Crippen molar-refractivity contribution in [3.63, 3.8) is 0 Å². The Morgan fingerprint density at radius 1 is 1.33 bits per heavy atom. The molecule has 0 aliphatic rings. The molecule has 1 amide bonds. The molecule has 90 valence electrons. The van der Waals surface area contributed by atoms with Gasteiger partial charge in [-0.25, -0.2) is 5.06 Å². The Balaban J connectivity index is 0. The highest BCUT2D eigenvalue weighted by molar-refractivity contribution is 5.84. The van der Waals surface area contributed by atoms with E-state index in [1.54, 1.807) is 0 Å². The number of hydrogen-bond acceptors (Lipinski definition) is 4. The maximum absolute atomic E-state index is 11.0. The summed E-state index contributed by atoms with van der Waals surface area (Å²) in [4.78, 5) is 21.6. The molecule has 0 atom stereocenters. The predicted molar refractivity (Wildman–Crippen MR) is 58.7 cm³/mol. The van der Waals surface area contributed by atoms with Gasteiger partial charge in [0.05, 0.1) is 6.54 Å². The zero-order chi connectivity index (χ0) is 12.4. The molecular weight excluding hydrogens is 196 g/mol. The maximum Gasteiger partial charge on any atom is 0.260 e. The number of carbonyl (C=O) groups excluding carboxylic acids is 2. The van der Waals surface area contributed by atoms with Crippen LogP contribution in [-0.4, -0.2) is 41.1 Å². The van der Waals surface area contributed by atoms with Crippen LogP contribution in [0.25, 0.3) is 0 Å². The third-order valence-electron chi connectivity index (χ3n) is 1.32. The molecule has 0 saturated carbocycles. The minimum absolute atomic E-state index is 0.0431. The Morgan fingerprint density at radius 2 is 1.80 bits per heavy atom. The molecule has 0 heterocycles. The van der Waals surface area contributed by atoms with Gasteiger partial charge in [0.1, 0.15) is 6.54 Å². The lowest BCUT2D eigenvalue weighted by Crippen LogP contribution is -2.40. The van der Waals surface area contributed by atoms with E-state index < -0.39 is 5.91 Å². The molecule has 0 radical (unpaired) electrons. The number of rotatable bonds is 5. The van der Waals surface area contributed by atoms with Gasteiger partial charge in [-0.1, -0.05) is 27.7 Å². The SMILES string of the molecule is CC.CC(=O)CN(O)C(=O)CNC(C)C. The van der Waals surface area contributed by atoms with Crippen molar-refractivity contribution >= 4 is 11.7 Å². The Labute approximate surface area is 91.4 Å². The second kappa shape index (κ2) is 9.61. The molecule has 5 heteroatoms. The fourth-order valence-corrected chi connectivity index (χ4v) is 0.682. The molecule has 0 aliphatic carbocycles. The van der Waals surface area contributed by atoms with E-state index in [0.717, 1.165) is 0 Å². The van der Waals surface area contributed by atoms with Gasteiger partial charge in [0.25, 0.3) is 5.91 Å². The van der Waals surface area contributed by atoms with Crippen molar-refractivity contribution in [2.75, 3.05) is 13.1 Å². The van der Waals surface area contributed by atoms with Gasteiger partial charge in [-0.3, -0.25) is 14.8 Å². The Hall–Kier alpha value is -0.940. The first-order valence-electron chi connectivity index (χ1n) is 5.15. The Bertz CT molecular complexity index is 193. The highest BCUT2D eigenvalue weighted by Crippen LogP contribution is 1.85. The fraction of sp³-hybridized carbons (Fsp3) is 0.800. The summed E-state index contributed by atoms with van der Waals surface area (Å²) in [6.45, 7) is 8.88. The van der Waals surface area contributed by atoms with E-state index >= 15 is 0 Å². The van der Waals surface area contributed by atoms with E-state index in [1.165, 1.54) is 6.92 Å². The monoisotopic (exact) mass is 218 g/mol. The minimum Gasteiger partial charge on any atom is -0.306 e. The molecule has 0 unspecified atom stereocenters. The molecule has 0 bridgehead atoms. The van der Waals surface area contributed by atoms with Crippen LogP contribution in [0, 0.1) is 0 Å². The number of ketones is 1. The lowest BCUT2D eigenvalue weighted by atomic mass is 10.4. The van der Waals surface area contributed by atoms with Crippen molar-refractivity contribution in [2.45, 2.75) is 40.7 Å². The van der Waals surface area contributed by atoms with Crippen LogP contribution in [0.15, 0.2) is 0 Å². The van der Waals surface area contributed by atoms with E-state index in [-0.39, 0.29) is 24.9 Å². The topological polar surface area (TPSA) is 69.6 Å². The molecule has 0 aliphatic heterocycles. The summed E-state index contributed by atoms with van der Waals surface area (Å²) in [5.41, 5.74) is 0. The van der Waals surface area contributed by atoms with E-state index in [1.807, 2.05) is 27.7 Å². The third kappa shape index (κ3) is 11.0. The van der Waals surface area contributed by atoms with Gasteiger partial charge < -0.3 is 5.32 Å². The normalized spacial score (nSPS) is 9.27. The van der Waals surface area contributed by atoms with Gasteiger partial charge in [0.2, 0.25) is 0 Å². The number of hydroxylamine groups is 2. The van der Waals surface area contributed by atoms with Crippen LogP contribution in [0.5, 0.6) is 0 Å². The summed E-state index contributed by atoms with van der Waals surface area (Å²) in [5, 5.41) is 12.3. The second-order valence-corrected chi connectivity index (χ2v) is 3.19. The lowest BCUT2D eigenvalue weighted by molar-refractivity contribution is -0.166. The van der Waals surface area contributed by atoms with Crippen LogP contribution in [0.3, 0.4) is 0 Å². The first-order valence-corrected chi connectivity index (χ1v) is 5.15. The summed E-state index contributed by atoms with van der Waals surface area (Å²) in [7, 11) is 0. The Morgan fingerprint density at radius 3 is 2.13 bits per heavy atom. The number of nitrogens with one attached hydrogen (secondary N) is 1. The molecule has 2 N–H and O–H groups in total. The van der Waals surface area contributed by atoms with Crippen molar-refractivity contribution in [2.24, 2.45) is 0 Å². The molecule has 0 fully saturated rings. The molecule has 0 aromatic carbocycles. The molecule has 5 nitrogen and oxygen atoms in total. The van der Waals surface area contributed by atoms with Gasteiger partial charge in [-0.15, -0.1) is 0 Å². The smallest absolute Gasteiger partial charge is 0.260 e. The van der Waals surface area contributed by atoms with Crippen molar-refractivity contribution in [1.29, 1.82) is 0 Å². The van der Waals surface area contributed by atoms with Crippen LogP contribution in [0.4, 0.5) is 0 Å². The van der Waals surface area contributed by atoms with E-state index in [2.05, 4.69) is 5.32 Å². The summed E-state index contributed by atoms with van der Waals surface area (Å²) < 4.78 is 0. The number of nitrogens with zero attached hydrogens (tertiary/aromatic N) is 1. The van der Waals surface area contributed by atoms with Crippen LogP contribution in [-0.2, 0) is 9.59 Å². The first-order chi connectivity index (χ1) is 6.93. The summed E-state index contributed by atoms with van der Waals surface area (Å²) in [5.74, 6) is -0.746. The molecule has 0 saturated heterocycles. The average Bonchev–Trinajstić information content (AvgIpc) is 2.16. The quantitative estimate of drug-likeness (QED) is 0.529. The summed E-state index contributed by atoms with van der Waals surface area (Å²) >= 11 is 0. The van der Waals surface area contributed by atoms with Gasteiger partial charge >= 0.3 is 0 Å². The third-order valence-corrected chi connectivity index (χ3v) is 1.32. The van der Waals surface area contributed by atoms with Crippen molar-refractivity contribution in [3.8, 4) is 0 Å². The highest BCUT2D eigenvalue weighted by atomic mass is 16.5.